The first-order valence-electron chi connectivity index (χ1n) is 8.00. The van der Waals surface area contributed by atoms with Gasteiger partial charge >= 0.3 is 0 Å². The normalized spacial score (nSPS) is 15.4. The van der Waals surface area contributed by atoms with Crippen molar-refractivity contribution in [1.82, 2.24) is 9.78 Å². The third-order valence-electron chi connectivity index (χ3n) is 4.80. The summed E-state index contributed by atoms with van der Waals surface area (Å²) in [5.74, 6) is -0.716. The Morgan fingerprint density at radius 2 is 2.09 bits per heavy atom. The monoisotopic (exact) mass is 315 g/mol. The van der Waals surface area contributed by atoms with Crippen LogP contribution in [0.5, 0.6) is 0 Å². The molecule has 0 saturated heterocycles. The number of hydrogen-bond donors (Lipinski definition) is 0. The Hall–Kier alpha value is -2.17. The minimum Gasteiger partial charge on any atom is -0.309 e. The van der Waals surface area contributed by atoms with Crippen molar-refractivity contribution in [3.63, 3.8) is 0 Å². The summed E-state index contributed by atoms with van der Waals surface area (Å²) in [5, 5.41) is 4.39. The molecule has 1 amide bonds. The van der Waals surface area contributed by atoms with E-state index in [9.17, 15) is 9.18 Å². The molecule has 0 spiro atoms. The maximum absolute atomic E-state index is 14.3. The predicted molar refractivity (Wildman–Crippen MR) is 88.2 cm³/mol. The molecule has 3 rings (SSSR count). The number of anilines is 1. The number of hydrogen-bond acceptors (Lipinski definition) is 2. The van der Waals surface area contributed by atoms with E-state index in [1.807, 2.05) is 33.9 Å². The number of rotatable bonds is 2. The van der Waals surface area contributed by atoms with Crippen molar-refractivity contribution < 1.29 is 9.18 Å². The van der Waals surface area contributed by atoms with Crippen molar-refractivity contribution in [2.45, 2.75) is 39.5 Å². The molecule has 0 fully saturated rings. The number of carbonyl (C=O) groups excluding carboxylic acids is 1. The van der Waals surface area contributed by atoms with Crippen molar-refractivity contribution in [2.75, 3.05) is 11.4 Å². The van der Waals surface area contributed by atoms with Gasteiger partial charge in [-0.05, 0) is 45.2 Å². The summed E-state index contributed by atoms with van der Waals surface area (Å²) >= 11 is 0. The first-order chi connectivity index (χ1) is 10.9. The number of nitrogens with zero attached hydrogens (tertiary/aromatic N) is 3. The molecule has 1 unspecified atom stereocenters. The van der Waals surface area contributed by atoms with Crippen LogP contribution in [0.2, 0.25) is 0 Å². The van der Waals surface area contributed by atoms with E-state index in [-0.39, 0.29) is 17.6 Å². The van der Waals surface area contributed by atoms with Crippen LogP contribution < -0.4 is 4.90 Å². The van der Waals surface area contributed by atoms with Gasteiger partial charge in [0.05, 0.1) is 17.3 Å². The van der Waals surface area contributed by atoms with E-state index in [1.165, 1.54) is 6.07 Å². The Balaban J connectivity index is 1.99. The van der Waals surface area contributed by atoms with Crippen molar-refractivity contribution in [2.24, 2.45) is 7.05 Å². The summed E-state index contributed by atoms with van der Waals surface area (Å²) in [6.45, 7) is 6.32. The van der Waals surface area contributed by atoms with Crippen LogP contribution in [0.15, 0.2) is 18.2 Å². The van der Waals surface area contributed by atoms with Crippen molar-refractivity contribution in [3.8, 4) is 0 Å². The Kier molecular flexibility index (Phi) is 3.96. The summed E-state index contributed by atoms with van der Waals surface area (Å²) in [5.41, 5.74) is 4.15. The molecule has 1 aliphatic rings. The molecule has 1 aliphatic heterocycles. The fourth-order valence-corrected chi connectivity index (χ4v) is 3.60. The van der Waals surface area contributed by atoms with Gasteiger partial charge in [0.25, 0.3) is 0 Å². The topological polar surface area (TPSA) is 38.1 Å². The molecule has 0 aliphatic carbocycles. The fourth-order valence-electron chi connectivity index (χ4n) is 3.60. The van der Waals surface area contributed by atoms with E-state index < -0.39 is 0 Å². The van der Waals surface area contributed by atoms with Crippen LogP contribution in [0.4, 0.5) is 10.1 Å². The first-order valence-corrected chi connectivity index (χ1v) is 8.00. The van der Waals surface area contributed by atoms with Crippen LogP contribution in [-0.2, 0) is 18.3 Å². The maximum Gasteiger partial charge on any atom is 0.234 e. The molecule has 23 heavy (non-hydrogen) atoms. The summed E-state index contributed by atoms with van der Waals surface area (Å²) in [6, 6.07) is 5.04. The molecule has 1 aromatic heterocycles. The third kappa shape index (κ3) is 2.54. The highest BCUT2D eigenvalue weighted by Gasteiger charge is 2.31. The predicted octanol–water partition coefficient (Wildman–Crippen LogP) is 3.26. The second-order valence-corrected chi connectivity index (χ2v) is 6.27. The number of fused-ring (bicyclic) bond motifs is 1. The quantitative estimate of drug-likeness (QED) is 0.853. The van der Waals surface area contributed by atoms with Gasteiger partial charge in [0, 0.05) is 24.8 Å². The second kappa shape index (κ2) is 5.80. The van der Waals surface area contributed by atoms with Gasteiger partial charge in [-0.25, -0.2) is 4.39 Å². The minimum atomic E-state index is -0.339. The molecule has 122 valence electrons. The van der Waals surface area contributed by atoms with Crippen LogP contribution >= 0.6 is 0 Å². The lowest BCUT2D eigenvalue weighted by molar-refractivity contribution is -0.119. The van der Waals surface area contributed by atoms with E-state index in [0.29, 0.717) is 12.2 Å². The zero-order valence-electron chi connectivity index (χ0n) is 14.1. The maximum atomic E-state index is 14.3. The van der Waals surface area contributed by atoms with Crippen LogP contribution in [-0.4, -0.2) is 22.2 Å². The van der Waals surface area contributed by atoms with E-state index in [2.05, 4.69) is 5.10 Å². The molecular formula is C18H22FN3O. The van der Waals surface area contributed by atoms with Crippen molar-refractivity contribution in [1.29, 1.82) is 0 Å². The Morgan fingerprint density at radius 3 is 2.74 bits per heavy atom. The fraction of sp³-hybridized carbons (Fsp3) is 0.444. The number of carbonyl (C=O) groups is 1. The van der Waals surface area contributed by atoms with E-state index in [4.69, 9.17) is 0 Å². The van der Waals surface area contributed by atoms with Crippen molar-refractivity contribution in [3.05, 3.63) is 46.5 Å². The second-order valence-electron chi connectivity index (χ2n) is 6.27. The number of benzene rings is 1. The lowest BCUT2D eigenvalue weighted by Crippen LogP contribution is -2.39. The number of para-hydroxylation sites is 1. The van der Waals surface area contributed by atoms with Gasteiger partial charge in [0.15, 0.2) is 0 Å². The molecule has 0 radical (unpaired) electrons. The van der Waals surface area contributed by atoms with Gasteiger partial charge in [-0.15, -0.1) is 0 Å². The van der Waals surface area contributed by atoms with Crippen molar-refractivity contribution >= 4 is 11.6 Å². The van der Waals surface area contributed by atoms with E-state index >= 15 is 0 Å². The van der Waals surface area contributed by atoms with Crippen LogP contribution in [0, 0.1) is 19.7 Å². The highest BCUT2D eigenvalue weighted by molar-refractivity contribution is 5.99. The molecule has 2 heterocycles. The lowest BCUT2D eigenvalue weighted by Gasteiger charge is -2.32. The van der Waals surface area contributed by atoms with Crippen LogP contribution in [0.1, 0.15) is 41.8 Å². The van der Waals surface area contributed by atoms with Gasteiger partial charge in [-0.3, -0.25) is 9.48 Å². The zero-order chi connectivity index (χ0) is 16.7. The molecule has 1 aromatic carbocycles. The summed E-state index contributed by atoms with van der Waals surface area (Å²) < 4.78 is 16.1. The van der Waals surface area contributed by atoms with Gasteiger partial charge in [-0.1, -0.05) is 12.1 Å². The molecule has 0 saturated carbocycles. The van der Waals surface area contributed by atoms with E-state index in [1.54, 1.807) is 15.6 Å². The average Bonchev–Trinajstić information content (AvgIpc) is 2.78. The number of amides is 1. The van der Waals surface area contributed by atoms with E-state index in [0.717, 1.165) is 35.4 Å². The minimum absolute atomic E-state index is 0.0600. The standard InChI is InChI=1S/C18H22FN3O/c1-11(16-12(2)20-21(4)13(16)3)18(23)22-10-6-8-14-7-5-9-15(19)17(14)22/h5,7,9,11H,6,8,10H2,1-4H3. The Morgan fingerprint density at radius 1 is 1.35 bits per heavy atom. The van der Waals surface area contributed by atoms with Gasteiger partial charge < -0.3 is 4.90 Å². The van der Waals surface area contributed by atoms with Gasteiger partial charge in [0.2, 0.25) is 5.91 Å². The van der Waals surface area contributed by atoms with Crippen LogP contribution in [0.25, 0.3) is 0 Å². The molecule has 2 aromatic rings. The first kappa shape index (κ1) is 15.7. The lowest BCUT2D eigenvalue weighted by atomic mass is 9.94. The Bertz CT molecular complexity index is 766. The molecule has 0 bridgehead atoms. The highest BCUT2D eigenvalue weighted by atomic mass is 19.1. The number of aryl methyl sites for hydroxylation is 3. The number of halogens is 1. The molecule has 4 nitrogen and oxygen atoms in total. The zero-order valence-corrected chi connectivity index (χ0v) is 14.1. The molecular weight excluding hydrogens is 293 g/mol. The number of aromatic nitrogens is 2. The highest BCUT2D eigenvalue weighted by Crippen LogP contribution is 2.33. The summed E-state index contributed by atoms with van der Waals surface area (Å²) in [4.78, 5) is 14.7. The molecule has 1 atom stereocenters. The largest absolute Gasteiger partial charge is 0.309 e. The average molecular weight is 315 g/mol. The van der Waals surface area contributed by atoms with Gasteiger partial charge in [-0.2, -0.15) is 5.10 Å². The molecule has 5 heteroatoms. The SMILES string of the molecule is Cc1nn(C)c(C)c1C(C)C(=O)N1CCCc2cccc(F)c21. The Labute approximate surface area is 135 Å². The molecule has 0 N–H and O–H groups in total. The van der Waals surface area contributed by atoms with Crippen LogP contribution in [0.3, 0.4) is 0 Å². The summed E-state index contributed by atoms with van der Waals surface area (Å²) in [6.07, 6.45) is 1.68. The summed E-state index contributed by atoms with van der Waals surface area (Å²) in [7, 11) is 1.87. The van der Waals surface area contributed by atoms with Gasteiger partial charge in [0.1, 0.15) is 5.82 Å². The smallest absolute Gasteiger partial charge is 0.234 e. The third-order valence-corrected chi connectivity index (χ3v) is 4.80.